The van der Waals surface area contributed by atoms with Gasteiger partial charge in [-0.25, -0.2) is 4.79 Å². The Morgan fingerprint density at radius 3 is 2.65 bits per heavy atom. The highest BCUT2D eigenvalue weighted by molar-refractivity contribution is 6.04. The number of aromatic nitrogens is 1. The molecular weight excluding hydrogens is 218 g/mol. The first-order chi connectivity index (χ1) is 8.06. The number of methoxy groups -OCH3 is 1. The Kier molecular flexibility index (Phi) is 2.71. The summed E-state index contributed by atoms with van der Waals surface area (Å²) in [4.78, 5) is 23.6. The van der Waals surface area contributed by atoms with Crippen LogP contribution in [0.15, 0.2) is 29.1 Å². The summed E-state index contributed by atoms with van der Waals surface area (Å²) in [5.74, 6) is -0.428. The summed E-state index contributed by atoms with van der Waals surface area (Å²) in [6.07, 6.45) is 0. The van der Waals surface area contributed by atoms with E-state index in [1.807, 2.05) is 13.0 Å². The van der Waals surface area contributed by atoms with Gasteiger partial charge in [-0.2, -0.15) is 0 Å². The molecule has 0 aliphatic heterocycles. The van der Waals surface area contributed by atoms with Crippen LogP contribution in [0, 0.1) is 6.92 Å². The molecule has 0 unspecified atom stereocenters. The number of benzene rings is 1. The number of carbonyl (C=O) groups is 1. The molecule has 0 saturated heterocycles. The largest absolute Gasteiger partial charge is 0.465 e. The first-order valence-corrected chi connectivity index (χ1v) is 5.24. The molecule has 1 heterocycles. The predicted molar refractivity (Wildman–Crippen MR) is 65.3 cm³/mol. The summed E-state index contributed by atoms with van der Waals surface area (Å²) in [6.45, 7) is 1.83. The van der Waals surface area contributed by atoms with Crippen molar-refractivity contribution in [1.82, 2.24) is 4.57 Å². The van der Waals surface area contributed by atoms with Crippen LogP contribution in [-0.2, 0) is 11.8 Å². The number of hydrogen-bond acceptors (Lipinski definition) is 3. The molecule has 1 aromatic carbocycles. The number of hydrogen-bond donors (Lipinski definition) is 0. The first kappa shape index (κ1) is 11.4. The van der Waals surface area contributed by atoms with Crippen LogP contribution in [-0.4, -0.2) is 17.6 Å². The molecule has 0 aliphatic rings. The van der Waals surface area contributed by atoms with Gasteiger partial charge >= 0.3 is 5.97 Å². The lowest BCUT2D eigenvalue weighted by Crippen LogP contribution is -2.19. The molecule has 2 aromatic rings. The minimum absolute atomic E-state index is 0.106. The smallest absolute Gasteiger partial charge is 0.338 e. The van der Waals surface area contributed by atoms with E-state index in [1.165, 1.54) is 7.11 Å². The molecule has 0 saturated carbocycles. The summed E-state index contributed by atoms with van der Waals surface area (Å²) < 4.78 is 6.27. The molecular formula is C13H13NO3. The number of aryl methyl sites for hydroxylation is 1. The average molecular weight is 231 g/mol. The first-order valence-electron chi connectivity index (χ1n) is 5.24. The maximum Gasteiger partial charge on any atom is 0.338 e. The van der Waals surface area contributed by atoms with E-state index < -0.39 is 5.97 Å². The van der Waals surface area contributed by atoms with Gasteiger partial charge in [-0.05, 0) is 25.1 Å². The van der Waals surface area contributed by atoms with Gasteiger partial charge in [0.2, 0.25) is 0 Å². The van der Waals surface area contributed by atoms with Gasteiger partial charge in [0.15, 0.2) is 0 Å². The van der Waals surface area contributed by atoms with Crippen molar-refractivity contribution in [3.63, 3.8) is 0 Å². The van der Waals surface area contributed by atoms with Crippen LogP contribution in [0.25, 0.3) is 10.8 Å². The number of carbonyl (C=O) groups excluding carboxylic acids is 1. The van der Waals surface area contributed by atoms with E-state index in [2.05, 4.69) is 0 Å². The fraction of sp³-hybridized carbons (Fsp3) is 0.231. The van der Waals surface area contributed by atoms with Crippen LogP contribution in [0.2, 0.25) is 0 Å². The van der Waals surface area contributed by atoms with Gasteiger partial charge in [0.1, 0.15) is 0 Å². The van der Waals surface area contributed by atoms with Crippen molar-refractivity contribution in [3.05, 3.63) is 45.9 Å². The summed E-state index contributed by atoms with van der Waals surface area (Å²) in [5, 5.41) is 1.17. The van der Waals surface area contributed by atoms with E-state index in [0.29, 0.717) is 16.3 Å². The number of esters is 1. The van der Waals surface area contributed by atoms with Crippen molar-refractivity contribution in [2.24, 2.45) is 7.05 Å². The van der Waals surface area contributed by atoms with Crippen LogP contribution >= 0.6 is 0 Å². The summed E-state index contributed by atoms with van der Waals surface area (Å²) in [6, 6.07) is 6.88. The fourth-order valence-electron chi connectivity index (χ4n) is 1.84. The van der Waals surface area contributed by atoms with Gasteiger partial charge < -0.3 is 9.30 Å². The molecule has 88 valence electrons. The van der Waals surface area contributed by atoms with Gasteiger partial charge in [0.25, 0.3) is 5.56 Å². The van der Waals surface area contributed by atoms with Crippen LogP contribution in [0.1, 0.15) is 16.1 Å². The molecule has 1 aromatic heterocycles. The molecule has 2 rings (SSSR count). The molecule has 4 heteroatoms. The topological polar surface area (TPSA) is 48.3 Å². The Labute approximate surface area is 98.4 Å². The highest BCUT2D eigenvalue weighted by Crippen LogP contribution is 2.17. The van der Waals surface area contributed by atoms with E-state index in [4.69, 9.17) is 4.74 Å². The van der Waals surface area contributed by atoms with E-state index >= 15 is 0 Å². The number of rotatable bonds is 1. The number of pyridine rings is 1. The number of fused-ring (bicyclic) bond motifs is 1. The van der Waals surface area contributed by atoms with E-state index in [0.717, 1.165) is 5.69 Å². The fourth-order valence-corrected chi connectivity index (χ4v) is 1.84. The Bertz CT molecular complexity index is 655. The van der Waals surface area contributed by atoms with Gasteiger partial charge in [0, 0.05) is 23.5 Å². The second-order valence-corrected chi connectivity index (χ2v) is 3.91. The third-order valence-corrected chi connectivity index (χ3v) is 2.93. The summed E-state index contributed by atoms with van der Waals surface area (Å²) in [7, 11) is 3.04. The second-order valence-electron chi connectivity index (χ2n) is 3.91. The molecule has 0 bridgehead atoms. The lowest BCUT2D eigenvalue weighted by molar-refractivity contribution is 0.0603. The lowest BCUT2D eigenvalue weighted by Gasteiger charge is -2.08. The van der Waals surface area contributed by atoms with Crippen molar-refractivity contribution < 1.29 is 9.53 Å². The maximum atomic E-state index is 12.0. The molecule has 0 fully saturated rings. The normalized spacial score (nSPS) is 10.5. The third kappa shape index (κ3) is 1.71. The minimum atomic E-state index is -0.428. The van der Waals surface area contributed by atoms with E-state index in [1.54, 1.807) is 29.8 Å². The predicted octanol–water partition coefficient (Wildman–Crippen LogP) is 1.63. The Balaban J connectivity index is 2.91. The quantitative estimate of drug-likeness (QED) is 0.701. The molecule has 0 spiro atoms. The third-order valence-electron chi connectivity index (χ3n) is 2.93. The van der Waals surface area contributed by atoms with Gasteiger partial charge in [0.05, 0.1) is 12.7 Å². The zero-order chi connectivity index (χ0) is 12.6. The lowest BCUT2D eigenvalue weighted by atomic mass is 10.1. The monoisotopic (exact) mass is 231 g/mol. The number of ether oxygens (including phenoxy) is 1. The van der Waals surface area contributed by atoms with Gasteiger partial charge in [-0.3, -0.25) is 4.79 Å². The second kappa shape index (κ2) is 4.05. The standard InChI is InChI=1S/C13H13NO3/c1-8-7-11-9(12(15)14(8)2)5-4-6-10(11)13(16)17-3/h4-7H,1-3H3. The van der Waals surface area contributed by atoms with Crippen molar-refractivity contribution in [1.29, 1.82) is 0 Å². The van der Waals surface area contributed by atoms with Crippen LogP contribution in [0.4, 0.5) is 0 Å². The zero-order valence-electron chi connectivity index (χ0n) is 9.98. The van der Waals surface area contributed by atoms with Gasteiger partial charge in [-0.1, -0.05) is 6.07 Å². The summed E-state index contributed by atoms with van der Waals surface area (Å²) >= 11 is 0. The molecule has 0 amide bonds. The molecule has 0 N–H and O–H groups in total. The van der Waals surface area contributed by atoms with Crippen molar-refractivity contribution in [3.8, 4) is 0 Å². The molecule has 0 aliphatic carbocycles. The Hall–Kier alpha value is -2.10. The highest BCUT2D eigenvalue weighted by Gasteiger charge is 2.12. The van der Waals surface area contributed by atoms with Crippen molar-refractivity contribution >= 4 is 16.7 Å². The van der Waals surface area contributed by atoms with Crippen molar-refractivity contribution in [2.45, 2.75) is 6.92 Å². The van der Waals surface area contributed by atoms with Gasteiger partial charge in [-0.15, -0.1) is 0 Å². The molecule has 17 heavy (non-hydrogen) atoms. The van der Waals surface area contributed by atoms with Crippen molar-refractivity contribution in [2.75, 3.05) is 7.11 Å². The highest BCUT2D eigenvalue weighted by atomic mass is 16.5. The summed E-state index contributed by atoms with van der Waals surface area (Å²) in [5.41, 5.74) is 1.12. The average Bonchev–Trinajstić information content (AvgIpc) is 2.34. The molecule has 0 atom stereocenters. The Morgan fingerprint density at radius 1 is 1.29 bits per heavy atom. The van der Waals surface area contributed by atoms with Crippen LogP contribution in [0.3, 0.4) is 0 Å². The zero-order valence-corrected chi connectivity index (χ0v) is 9.98. The van der Waals surface area contributed by atoms with Crippen LogP contribution in [0.5, 0.6) is 0 Å². The maximum absolute atomic E-state index is 12.0. The number of nitrogens with zero attached hydrogens (tertiary/aromatic N) is 1. The minimum Gasteiger partial charge on any atom is -0.465 e. The Morgan fingerprint density at radius 2 is 2.00 bits per heavy atom. The SMILES string of the molecule is COC(=O)c1cccc2c(=O)n(C)c(C)cc12. The molecule has 4 nitrogen and oxygen atoms in total. The molecule has 0 radical (unpaired) electrons. The van der Waals surface area contributed by atoms with E-state index in [-0.39, 0.29) is 5.56 Å². The van der Waals surface area contributed by atoms with E-state index in [9.17, 15) is 9.59 Å². The van der Waals surface area contributed by atoms with Crippen LogP contribution < -0.4 is 5.56 Å².